The third kappa shape index (κ3) is 8.66. The van der Waals surface area contributed by atoms with Gasteiger partial charge >= 0.3 is 12.3 Å². The van der Waals surface area contributed by atoms with Gasteiger partial charge < -0.3 is 19.3 Å². The van der Waals surface area contributed by atoms with Gasteiger partial charge in [0.1, 0.15) is 11.3 Å². The van der Waals surface area contributed by atoms with Gasteiger partial charge in [0.15, 0.2) is 17.4 Å². The van der Waals surface area contributed by atoms with Crippen molar-refractivity contribution in [3.8, 4) is 11.4 Å². The number of hydrogen-bond acceptors (Lipinski definition) is 10. The summed E-state index contributed by atoms with van der Waals surface area (Å²) >= 11 is 0. The highest BCUT2D eigenvalue weighted by atomic mass is 19.4. The van der Waals surface area contributed by atoms with Crippen LogP contribution in [0.3, 0.4) is 0 Å². The summed E-state index contributed by atoms with van der Waals surface area (Å²) in [5.41, 5.74) is 1.02. The molecular formula is C32H39F3N8O5. The number of nitrogens with zero attached hydrogens (tertiary/aromatic N) is 7. The van der Waals surface area contributed by atoms with Crippen molar-refractivity contribution in [1.82, 2.24) is 29.4 Å². The molecule has 2 aliphatic rings. The van der Waals surface area contributed by atoms with E-state index >= 15 is 0 Å². The summed E-state index contributed by atoms with van der Waals surface area (Å²) in [6.07, 6.45) is -1.03. The highest BCUT2D eigenvalue weighted by Crippen LogP contribution is 2.38. The molecule has 3 aromatic heterocycles. The van der Waals surface area contributed by atoms with Crippen LogP contribution in [0.4, 0.5) is 29.6 Å². The van der Waals surface area contributed by atoms with Gasteiger partial charge in [-0.1, -0.05) is 5.57 Å². The number of pyridine rings is 1. The Balaban J connectivity index is 1.37. The van der Waals surface area contributed by atoms with Gasteiger partial charge in [-0.2, -0.15) is 13.2 Å². The molecule has 48 heavy (non-hydrogen) atoms. The first kappa shape index (κ1) is 34.8. The van der Waals surface area contributed by atoms with Gasteiger partial charge in [0.2, 0.25) is 5.91 Å². The lowest BCUT2D eigenvalue weighted by atomic mass is 10.1. The molecule has 0 bridgehead atoms. The second-order valence-electron chi connectivity index (χ2n) is 11.8. The smallest absolute Gasteiger partial charge is 0.417 e. The van der Waals surface area contributed by atoms with Crippen molar-refractivity contribution in [3.63, 3.8) is 0 Å². The number of carbonyl (C=O) groups is 3. The molecule has 3 aromatic rings. The number of morpholine rings is 1. The Morgan fingerprint density at radius 3 is 2.44 bits per heavy atom. The van der Waals surface area contributed by atoms with E-state index in [2.05, 4.69) is 25.3 Å². The standard InChI is InChI=1S/C32H39F3N8O5/c1-4-48-31(46)37-27-17-25(32(33,34)35)24(18-36-27)29-38-30(42-11-13-47-14-12-42)26-16-22(20-43(26)39-29)19-40-7-9-41(10-8-40)28(45)6-5-23(44)15-21(2)3/h15-18,20H,4-14,19H2,1-3H3,(H,36,37,46). The normalized spacial score (nSPS) is 15.8. The van der Waals surface area contributed by atoms with Crippen LogP contribution in [0.2, 0.25) is 0 Å². The Morgan fingerprint density at radius 1 is 1.04 bits per heavy atom. The second kappa shape index (κ2) is 15.1. The first-order valence-electron chi connectivity index (χ1n) is 15.8. The van der Waals surface area contributed by atoms with Crippen LogP contribution >= 0.6 is 0 Å². The lowest BCUT2D eigenvalue weighted by Crippen LogP contribution is -2.48. The van der Waals surface area contributed by atoms with Crippen LogP contribution in [0.5, 0.6) is 0 Å². The maximum atomic E-state index is 14.3. The summed E-state index contributed by atoms with van der Waals surface area (Å²) < 4.78 is 54.8. The van der Waals surface area contributed by atoms with Gasteiger partial charge in [-0.15, -0.1) is 5.10 Å². The Hall–Kier alpha value is -4.57. The van der Waals surface area contributed by atoms with Gasteiger partial charge in [-0.3, -0.25) is 19.8 Å². The predicted octanol–water partition coefficient (Wildman–Crippen LogP) is 4.17. The van der Waals surface area contributed by atoms with E-state index in [-0.39, 0.29) is 48.3 Å². The first-order valence-corrected chi connectivity index (χ1v) is 15.8. The summed E-state index contributed by atoms with van der Waals surface area (Å²) in [6.45, 7) is 10.0. The summed E-state index contributed by atoms with van der Waals surface area (Å²) in [7, 11) is 0. The Bertz CT molecular complexity index is 1670. The monoisotopic (exact) mass is 672 g/mol. The van der Waals surface area contributed by atoms with E-state index in [9.17, 15) is 27.6 Å². The fourth-order valence-corrected chi connectivity index (χ4v) is 5.65. The van der Waals surface area contributed by atoms with Gasteiger partial charge in [-0.25, -0.2) is 19.3 Å². The number of piperazine rings is 1. The van der Waals surface area contributed by atoms with Crippen LogP contribution < -0.4 is 10.2 Å². The topological polar surface area (TPSA) is 134 Å². The number of aromatic nitrogens is 4. The number of fused-ring (bicyclic) bond motifs is 1. The Morgan fingerprint density at radius 2 is 1.77 bits per heavy atom. The van der Waals surface area contributed by atoms with E-state index < -0.39 is 17.8 Å². The lowest BCUT2D eigenvalue weighted by molar-refractivity contribution is -0.137. The second-order valence-corrected chi connectivity index (χ2v) is 11.8. The number of anilines is 2. The molecule has 0 aliphatic carbocycles. The molecular weight excluding hydrogens is 633 g/mol. The highest BCUT2D eigenvalue weighted by Gasteiger charge is 2.36. The summed E-state index contributed by atoms with van der Waals surface area (Å²) in [5.74, 6) is -0.130. The molecule has 13 nitrogen and oxygen atoms in total. The molecule has 258 valence electrons. The molecule has 2 amide bonds. The SMILES string of the molecule is CCOC(=O)Nc1cc(C(F)(F)F)c(-c2nc(N3CCOCC3)c3cc(CN4CCN(C(=O)CCC(=O)C=C(C)C)CC4)cn3n2)cn1. The van der Waals surface area contributed by atoms with Gasteiger partial charge in [0.25, 0.3) is 0 Å². The number of amides is 2. The number of nitrogens with one attached hydrogen (secondary N) is 1. The van der Waals surface area contributed by atoms with Crippen molar-refractivity contribution in [3.05, 3.63) is 47.3 Å². The number of ketones is 1. The average molecular weight is 673 g/mol. The molecule has 0 aromatic carbocycles. The molecule has 2 fully saturated rings. The maximum Gasteiger partial charge on any atom is 0.417 e. The molecule has 0 unspecified atom stereocenters. The van der Waals surface area contributed by atoms with Crippen molar-refractivity contribution in [2.45, 2.75) is 46.3 Å². The molecule has 2 saturated heterocycles. The van der Waals surface area contributed by atoms with E-state index in [4.69, 9.17) is 9.47 Å². The molecule has 1 N–H and O–H groups in total. The van der Waals surface area contributed by atoms with Crippen LogP contribution in [0.15, 0.2) is 36.2 Å². The van der Waals surface area contributed by atoms with Crippen LogP contribution in [0, 0.1) is 0 Å². The fraction of sp³-hybridized carbons (Fsp3) is 0.500. The first-order chi connectivity index (χ1) is 22.9. The average Bonchev–Trinajstić information content (AvgIpc) is 3.45. The summed E-state index contributed by atoms with van der Waals surface area (Å²) in [5, 5.41) is 6.70. The van der Waals surface area contributed by atoms with Crippen LogP contribution in [-0.2, 0) is 31.8 Å². The Labute approximate surface area is 275 Å². The Kier molecular flexibility index (Phi) is 10.9. The van der Waals surface area contributed by atoms with E-state index in [0.29, 0.717) is 70.4 Å². The van der Waals surface area contributed by atoms with Gasteiger partial charge in [0.05, 0.1) is 30.9 Å². The maximum absolute atomic E-state index is 14.3. The number of rotatable bonds is 10. The lowest BCUT2D eigenvalue weighted by Gasteiger charge is -2.34. The van der Waals surface area contributed by atoms with Gasteiger partial charge in [0, 0.05) is 71.0 Å². The van der Waals surface area contributed by atoms with E-state index in [0.717, 1.165) is 23.4 Å². The van der Waals surface area contributed by atoms with Crippen LogP contribution in [0.1, 0.15) is 44.7 Å². The number of hydrogen-bond donors (Lipinski definition) is 1. The number of alkyl halides is 3. The minimum Gasteiger partial charge on any atom is -0.450 e. The third-order valence-corrected chi connectivity index (χ3v) is 7.93. The van der Waals surface area contributed by atoms with E-state index in [1.807, 2.05) is 24.8 Å². The van der Waals surface area contributed by atoms with Gasteiger partial charge in [-0.05, 0) is 44.5 Å². The minimum absolute atomic E-state index is 0.0449. The predicted molar refractivity (Wildman–Crippen MR) is 170 cm³/mol. The third-order valence-electron chi connectivity index (χ3n) is 7.93. The van der Waals surface area contributed by atoms with Crippen molar-refractivity contribution >= 4 is 34.9 Å². The summed E-state index contributed by atoms with van der Waals surface area (Å²) in [4.78, 5) is 51.1. The fourth-order valence-electron chi connectivity index (χ4n) is 5.65. The van der Waals surface area contributed by atoms with Crippen LogP contribution in [-0.4, -0.2) is 106 Å². The number of allylic oxidation sites excluding steroid dienone is 2. The molecule has 16 heteroatoms. The number of ether oxygens (including phenoxy) is 2. The minimum atomic E-state index is -4.80. The summed E-state index contributed by atoms with van der Waals surface area (Å²) in [6, 6.07) is 2.66. The highest BCUT2D eigenvalue weighted by molar-refractivity contribution is 5.93. The molecule has 0 saturated carbocycles. The van der Waals surface area contributed by atoms with Crippen LogP contribution in [0.25, 0.3) is 16.9 Å². The molecule has 0 spiro atoms. The zero-order valence-corrected chi connectivity index (χ0v) is 27.2. The van der Waals surface area contributed by atoms with E-state index in [1.54, 1.807) is 24.1 Å². The number of halogens is 3. The molecule has 0 radical (unpaired) electrons. The molecule has 2 aliphatic heterocycles. The van der Waals surface area contributed by atoms with Crippen molar-refractivity contribution in [1.29, 1.82) is 0 Å². The number of carbonyl (C=O) groups excluding carboxylic acids is 3. The zero-order chi connectivity index (χ0) is 34.4. The van der Waals surface area contributed by atoms with Crippen molar-refractivity contribution < 1.29 is 37.0 Å². The molecule has 5 rings (SSSR count). The molecule has 5 heterocycles. The zero-order valence-electron chi connectivity index (χ0n) is 27.2. The largest absolute Gasteiger partial charge is 0.450 e. The van der Waals surface area contributed by atoms with E-state index in [1.165, 1.54) is 4.52 Å². The quantitative estimate of drug-likeness (QED) is 0.313. The van der Waals surface area contributed by atoms with Crippen molar-refractivity contribution in [2.75, 3.05) is 69.3 Å². The molecule has 0 atom stereocenters. The van der Waals surface area contributed by atoms with Crippen molar-refractivity contribution in [2.24, 2.45) is 0 Å².